The number of methoxy groups -OCH3 is 1. The van der Waals surface area contributed by atoms with Gasteiger partial charge in [-0.15, -0.1) is 0 Å². The Hall–Kier alpha value is -2.83. The van der Waals surface area contributed by atoms with Gasteiger partial charge in [0.1, 0.15) is 0 Å². The Morgan fingerprint density at radius 2 is 1.88 bits per heavy atom. The lowest BCUT2D eigenvalue weighted by atomic mass is 9.87. The molecule has 4 rings (SSSR count). The van der Waals surface area contributed by atoms with Crippen molar-refractivity contribution in [2.45, 2.75) is 33.2 Å². The zero-order valence-corrected chi connectivity index (χ0v) is 21.0. The predicted molar refractivity (Wildman–Crippen MR) is 140 cm³/mol. The van der Waals surface area contributed by atoms with Crippen LogP contribution in [0.1, 0.15) is 37.5 Å². The first-order valence-electron chi connectivity index (χ1n) is 11.1. The number of aliphatic imine (C=N–C) groups is 1. The van der Waals surface area contributed by atoms with Gasteiger partial charge in [0.25, 0.3) is 5.91 Å². The molecule has 2 aliphatic heterocycles. The number of para-hydroxylation sites is 1. The van der Waals surface area contributed by atoms with E-state index in [1.165, 1.54) is 28.6 Å². The van der Waals surface area contributed by atoms with Crippen LogP contribution >= 0.6 is 11.8 Å². The van der Waals surface area contributed by atoms with Crippen molar-refractivity contribution in [3.8, 4) is 0 Å². The summed E-state index contributed by atoms with van der Waals surface area (Å²) in [6.07, 6.45) is 4.30. The van der Waals surface area contributed by atoms with Gasteiger partial charge in [-0.1, -0.05) is 24.3 Å². The minimum atomic E-state index is -0.0363. The van der Waals surface area contributed by atoms with Crippen molar-refractivity contribution in [2.24, 2.45) is 4.99 Å². The van der Waals surface area contributed by atoms with Crippen LogP contribution < -0.4 is 4.90 Å². The lowest BCUT2D eigenvalue weighted by molar-refractivity contribution is -0.122. The second-order valence-electron chi connectivity index (χ2n) is 9.06. The molecule has 2 aromatic rings. The third-order valence-electron chi connectivity index (χ3n) is 6.28. The summed E-state index contributed by atoms with van der Waals surface area (Å²) in [5.41, 5.74) is 6.67. The highest BCUT2D eigenvalue weighted by atomic mass is 32.2. The molecule has 1 amide bonds. The summed E-state index contributed by atoms with van der Waals surface area (Å²) in [7, 11) is 3.78. The van der Waals surface area contributed by atoms with E-state index in [9.17, 15) is 4.79 Å². The molecule has 0 radical (unpaired) electrons. The van der Waals surface area contributed by atoms with Crippen LogP contribution in [0.2, 0.25) is 0 Å². The number of hydrogen-bond donors (Lipinski definition) is 0. The van der Waals surface area contributed by atoms with Crippen LogP contribution in [0.15, 0.2) is 58.4 Å². The molecule has 172 valence electrons. The molecule has 5 nitrogen and oxygen atoms in total. The zero-order chi connectivity index (χ0) is 23.8. The summed E-state index contributed by atoms with van der Waals surface area (Å²) in [4.78, 5) is 22.7. The van der Waals surface area contributed by atoms with Gasteiger partial charge < -0.3 is 9.64 Å². The Morgan fingerprint density at radius 1 is 1.15 bits per heavy atom. The molecule has 0 N–H and O–H groups in total. The first-order chi connectivity index (χ1) is 15.7. The largest absolute Gasteiger partial charge is 0.383 e. The molecular formula is C27H31N3O2S. The van der Waals surface area contributed by atoms with Gasteiger partial charge in [-0.05, 0) is 86.5 Å². The number of allylic oxidation sites excluding steroid dienone is 1. The van der Waals surface area contributed by atoms with Gasteiger partial charge in [0.2, 0.25) is 0 Å². The van der Waals surface area contributed by atoms with Crippen LogP contribution in [0.5, 0.6) is 0 Å². The van der Waals surface area contributed by atoms with Crippen molar-refractivity contribution in [3.63, 3.8) is 0 Å². The molecule has 0 aliphatic carbocycles. The fourth-order valence-electron chi connectivity index (χ4n) is 4.20. The van der Waals surface area contributed by atoms with Gasteiger partial charge in [-0.3, -0.25) is 9.69 Å². The van der Waals surface area contributed by atoms with Crippen molar-refractivity contribution in [2.75, 3.05) is 32.2 Å². The standard InChI is InChI=1S/C27H31N3O2S/c1-18-14-23-22(19(2)17-27(3,4)29(23)5)15-20(18)16-24-25(31)30(12-13-32-6)26(33-24)28-21-10-8-7-9-11-21/h7-11,14-17H,12-13H2,1-6H3/b24-16-,28-26?. The van der Waals surface area contributed by atoms with Crippen molar-refractivity contribution >= 4 is 45.9 Å². The Bertz CT molecular complexity index is 1170. The smallest absolute Gasteiger partial charge is 0.266 e. The molecular weight excluding hydrogens is 430 g/mol. The Balaban J connectivity index is 1.72. The normalized spacial score (nSPS) is 19.9. The number of hydrogen-bond acceptors (Lipinski definition) is 5. The van der Waals surface area contributed by atoms with E-state index in [-0.39, 0.29) is 11.4 Å². The van der Waals surface area contributed by atoms with Gasteiger partial charge in [0, 0.05) is 25.4 Å². The molecule has 2 heterocycles. The first kappa shape index (κ1) is 23.3. The van der Waals surface area contributed by atoms with Gasteiger partial charge in [0.05, 0.1) is 29.3 Å². The minimum Gasteiger partial charge on any atom is -0.383 e. The van der Waals surface area contributed by atoms with Crippen LogP contribution in [-0.2, 0) is 9.53 Å². The maximum absolute atomic E-state index is 13.3. The molecule has 0 bridgehead atoms. The van der Waals surface area contributed by atoms with Crippen molar-refractivity contribution in [1.29, 1.82) is 0 Å². The highest BCUT2D eigenvalue weighted by molar-refractivity contribution is 8.18. The number of carbonyl (C=O) groups is 1. The molecule has 0 aromatic heterocycles. The number of likely N-dealkylation sites (N-methyl/N-ethyl adjacent to an activating group) is 1. The fourth-order valence-corrected chi connectivity index (χ4v) is 5.21. The molecule has 2 aromatic carbocycles. The van der Waals surface area contributed by atoms with Gasteiger partial charge in [-0.25, -0.2) is 4.99 Å². The number of thioether (sulfide) groups is 1. The topological polar surface area (TPSA) is 45.1 Å². The van der Waals surface area contributed by atoms with Crippen molar-refractivity contribution in [3.05, 3.63) is 70.1 Å². The maximum atomic E-state index is 13.3. The number of fused-ring (bicyclic) bond motifs is 1. The highest BCUT2D eigenvalue weighted by Gasteiger charge is 2.34. The van der Waals surface area contributed by atoms with E-state index in [0.717, 1.165) is 16.8 Å². The molecule has 33 heavy (non-hydrogen) atoms. The average Bonchev–Trinajstić information content (AvgIpc) is 3.06. The van der Waals surface area contributed by atoms with Crippen LogP contribution in [0.25, 0.3) is 11.6 Å². The first-order valence-corrected chi connectivity index (χ1v) is 12.0. The van der Waals surface area contributed by atoms with E-state index in [0.29, 0.717) is 23.2 Å². The summed E-state index contributed by atoms with van der Waals surface area (Å²) in [5.74, 6) is -0.0330. The van der Waals surface area contributed by atoms with E-state index >= 15 is 0 Å². The molecule has 0 saturated carbocycles. The Labute approximate surface area is 200 Å². The molecule has 0 spiro atoms. The van der Waals surface area contributed by atoms with Crippen LogP contribution in [0.4, 0.5) is 11.4 Å². The van der Waals surface area contributed by atoms with Crippen LogP contribution in [0, 0.1) is 6.92 Å². The van der Waals surface area contributed by atoms with Gasteiger partial charge in [-0.2, -0.15) is 0 Å². The van der Waals surface area contributed by atoms with E-state index in [1.807, 2.05) is 36.4 Å². The van der Waals surface area contributed by atoms with Crippen LogP contribution in [-0.4, -0.2) is 48.8 Å². The summed E-state index contributed by atoms with van der Waals surface area (Å²) in [5, 5.41) is 0.683. The number of ether oxygens (including phenoxy) is 1. The number of amidine groups is 1. The third-order valence-corrected chi connectivity index (χ3v) is 7.29. The third kappa shape index (κ3) is 4.63. The molecule has 0 unspecified atom stereocenters. The van der Waals surface area contributed by atoms with Crippen molar-refractivity contribution in [1.82, 2.24) is 4.90 Å². The number of benzene rings is 2. The molecule has 1 saturated heterocycles. The molecule has 1 fully saturated rings. The van der Waals surface area contributed by atoms with E-state index in [4.69, 9.17) is 9.73 Å². The molecule has 6 heteroatoms. The molecule has 0 atom stereocenters. The van der Waals surface area contributed by atoms with Crippen molar-refractivity contribution < 1.29 is 9.53 Å². The zero-order valence-electron chi connectivity index (χ0n) is 20.2. The van der Waals surface area contributed by atoms with Gasteiger partial charge >= 0.3 is 0 Å². The minimum absolute atomic E-state index is 0.0330. The SMILES string of the molecule is COCCN1C(=O)/C(=C/c2cc3c(cc2C)N(C)C(C)(C)C=C3C)SC1=Nc1ccccc1. The lowest BCUT2D eigenvalue weighted by Gasteiger charge is -2.41. The maximum Gasteiger partial charge on any atom is 0.266 e. The second-order valence-corrected chi connectivity index (χ2v) is 10.1. The summed E-state index contributed by atoms with van der Waals surface area (Å²) in [6.45, 7) is 9.63. The fraction of sp³-hybridized carbons (Fsp3) is 0.333. The Kier molecular flexibility index (Phi) is 6.50. The number of carbonyl (C=O) groups excluding carboxylic acids is 1. The highest BCUT2D eigenvalue weighted by Crippen LogP contribution is 2.41. The Morgan fingerprint density at radius 3 is 2.58 bits per heavy atom. The second kappa shape index (κ2) is 9.20. The lowest BCUT2D eigenvalue weighted by Crippen LogP contribution is -2.42. The summed E-state index contributed by atoms with van der Waals surface area (Å²) in [6, 6.07) is 14.2. The number of aryl methyl sites for hydroxylation is 1. The van der Waals surface area contributed by atoms with E-state index in [2.05, 4.69) is 57.9 Å². The van der Waals surface area contributed by atoms with E-state index < -0.39 is 0 Å². The number of anilines is 1. The number of nitrogens with zero attached hydrogens (tertiary/aromatic N) is 3. The molecule has 2 aliphatic rings. The van der Waals surface area contributed by atoms with E-state index in [1.54, 1.807) is 12.0 Å². The average molecular weight is 462 g/mol. The van der Waals surface area contributed by atoms with Crippen LogP contribution in [0.3, 0.4) is 0 Å². The summed E-state index contributed by atoms with van der Waals surface area (Å²) < 4.78 is 5.24. The monoisotopic (exact) mass is 461 g/mol. The number of rotatable bonds is 5. The number of amides is 1. The quantitative estimate of drug-likeness (QED) is 0.522. The summed E-state index contributed by atoms with van der Waals surface area (Å²) >= 11 is 1.42. The predicted octanol–water partition coefficient (Wildman–Crippen LogP) is 5.88. The van der Waals surface area contributed by atoms with Gasteiger partial charge in [0.15, 0.2) is 5.17 Å².